The number of allylic oxidation sites excluding steroid dienone is 4. The topological polar surface area (TPSA) is 26.3 Å². The molecule has 0 aliphatic carbocycles. The molecule has 0 unspecified atom stereocenters. The van der Waals surface area contributed by atoms with Gasteiger partial charge in [0.1, 0.15) is 0 Å². The summed E-state index contributed by atoms with van der Waals surface area (Å²) in [5.74, 6) is 0.00961. The molecule has 2 heteroatoms. The summed E-state index contributed by atoms with van der Waals surface area (Å²) in [4.78, 5) is 11.9. The molecule has 224 valence electrons. The quantitative estimate of drug-likeness (QED) is 0.0504. The Kier molecular flexibility index (Phi) is 33.0. The van der Waals surface area contributed by atoms with Crippen LogP contribution in [0.15, 0.2) is 24.3 Å². The van der Waals surface area contributed by atoms with E-state index in [1.54, 1.807) is 0 Å². The third-order valence-corrected chi connectivity index (χ3v) is 7.56. The van der Waals surface area contributed by atoms with Crippen LogP contribution in [-0.4, -0.2) is 12.6 Å². The van der Waals surface area contributed by atoms with E-state index in [9.17, 15) is 4.79 Å². The first-order chi connectivity index (χ1) is 18.8. The molecule has 0 aromatic heterocycles. The van der Waals surface area contributed by atoms with Gasteiger partial charge in [-0.1, -0.05) is 147 Å². The lowest BCUT2D eigenvalue weighted by molar-refractivity contribution is -0.143. The predicted octanol–water partition coefficient (Wildman–Crippen LogP) is 12.6. The molecule has 2 nitrogen and oxygen atoms in total. The monoisotopic (exact) mass is 533 g/mol. The van der Waals surface area contributed by atoms with Crippen molar-refractivity contribution < 1.29 is 9.53 Å². The Bertz CT molecular complexity index is 507. The largest absolute Gasteiger partial charge is 0.466 e. The van der Waals surface area contributed by atoms with Crippen LogP contribution in [0.2, 0.25) is 0 Å². The third kappa shape index (κ3) is 33.0. The van der Waals surface area contributed by atoms with Gasteiger partial charge in [-0.25, -0.2) is 0 Å². The summed E-state index contributed by atoms with van der Waals surface area (Å²) in [7, 11) is 0. The van der Waals surface area contributed by atoms with Crippen molar-refractivity contribution in [1.82, 2.24) is 0 Å². The Hall–Kier alpha value is -1.05. The molecule has 0 aliphatic heterocycles. The van der Waals surface area contributed by atoms with Crippen molar-refractivity contribution in [2.24, 2.45) is 0 Å². The van der Waals surface area contributed by atoms with E-state index >= 15 is 0 Å². The standard InChI is InChI=1S/C36H68O2/c1-3-5-7-9-11-13-15-17-19-21-23-25-27-29-31-33-35-38-36(37)34-32-30-28-26-24-22-20-18-16-14-12-10-8-6-4-2/h17-20H,3-16,21-35H2,1-2H3/b19-17+,20-18+. The van der Waals surface area contributed by atoms with Crippen LogP contribution < -0.4 is 0 Å². The average Bonchev–Trinajstić information content (AvgIpc) is 2.92. The molecule has 0 bridgehead atoms. The lowest BCUT2D eigenvalue weighted by Gasteiger charge is -2.05. The third-order valence-electron chi connectivity index (χ3n) is 7.56. The van der Waals surface area contributed by atoms with Crippen LogP contribution in [-0.2, 0) is 9.53 Å². The van der Waals surface area contributed by atoms with Gasteiger partial charge in [-0.15, -0.1) is 0 Å². The summed E-state index contributed by atoms with van der Waals surface area (Å²) < 4.78 is 5.42. The van der Waals surface area contributed by atoms with Gasteiger partial charge in [-0.2, -0.15) is 0 Å². The van der Waals surface area contributed by atoms with Crippen LogP contribution >= 0.6 is 0 Å². The molecule has 0 aromatic rings. The van der Waals surface area contributed by atoms with E-state index in [4.69, 9.17) is 4.74 Å². The van der Waals surface area contributed by atoms with Gasteiger partial charge >= 0.3 is 5.97 Å². The maximum atomic E-state index is 11.9. The highest BCUT2D eigenvalue weighted by Crippen LogP contribution is 2.12. The van der Waals surface area contributed by atoms with E-state index in [1.807, 2.05) is 0 Å². The Morgan fingerprint density at radius 1 is 0.421 bits per heavy atom. The van der Waals surface area contributed by atoms with Crippen LogP contribution in [0.3, 0.4) is 0 Å². The molecule has 0 saturated carbocycles. The van der Waals surface area contributed by atoms with Crippen molar-refractivity contribution >= 4 is 5.97 Å². The molecular weight excluding hydrogens is 464 g/mol. The first-order valence-electron chi connectivity index (χ1n) is 17.3. The van der Waals surface area contributed by atoms with Crippen molar-refractivity contribution in [2.45, 2.75) is 194 Å². The zero-order chi connectivity index (χ0) is 27.6. The number of ether oxygens (including phenoxy) is 1. The highest BCUT2D eigenvalue weighted by atomic mass is 16.5. The molecule has 0 radical (unpaired) electrons. The molecule has 0 rings (SSSR count). The minimum Gasteiger partial charge on any atom is -0.466 e. The lowest BCUT2D eigenvalue weighted by atomic mass is 10.1. The Morgan fingerprint density at radius 3 is 1.13 bits per heavy atom. The second-order valence-electron chi connectivity index (χ2n) is 11.5. The molecule has 0 spiro atoms. The number of hydrogen-bond donors (Lipinski definition) is 0. The van der Waals surface area contributed by atoms with Crippen molar-refractivity contribution in [3.63, 3.8) is 0 Å². The zero-order valence-corrected chi connectivity index (χ0v) is 26.1. The highest BCUT2D eigenvalue weighted by Gasteiger charge is 2.02. The van der Waals surface area contributed by atoms with Crippen LogP contribution in [0.5, 0.6) is 0 Å². The van der Waals surface area contributed by atoms with Gasteiger partial charge < -0.3 is 4.74 Å². The molecule has 0 atom stereocenters. The van der Waals surface area contributed by atoms with Crippen molar-refractivity contribution in [2.75, 3.05) is 6.61 Å². The van der Waals surface area contributed by atoms with Gasteiger partial charge in [0.05, 0.1) is 6.61 Å². The summed E-state index contributed by atoms with van der Waals surface area (Å²) in [5.41, 5.74) is 0. The van der Waals surface area contributed by atoms with Gasteiger partial charge in [0.25, 0.3) is 0 Å². The van der Waals surface area contributed by atoms with Gasteiger partial charge in [-0.3, -0.25) is 4.79 Å². The number of unbranched alkanes of at least 4 members (excludes halogenated alkanes) is 23. The van der Waals surface area contributed by atoms with Gasteiger partial charge in [0.2, 0.25) is 0 Å². The summed E-state index contributed by atoms with van der Waals surface area (Å²) in [6, 6.07) is 0. The van der Waals surface area contributed by atoms with Gasteiger partial charge in [0.15, 0.2) is 0 Å². The maximum Gasteiger partial charge on any atom is 0.305 e. The van der Waals surface area contributed by atoms with Crippen LogP contribution in [0.25, 0.3) is 0 Å². The number of esters is 1. The SMILES string of the molecule is CCCCCCCC/C=C/CCCCCCCCOC(=O)CCCCCCC/C=C/CCCCCCCC. The molecule has 0 heterocycles. The van der Waals surface area contributed by atoms with Crippen LogP contribution in [0.4, 0.5) is 0 Å². The zero-order valence-electron chi connectivity index (χ0n) is 26.1. The first-order valence-corrected chi connectivity index (χ1v) is 17.3. The fraction of sp³-hybridized carbons (Fsp3) is 0.861. The smallest absolute Gasteiger partial charge is 0.305 e. The number of rotatable bonds is 31. The van der Waals surface area contributed by atoms with Gasteiger partial charge in [-0.05, 0) is 64.2 Å². The Balaban J connectivity index is 3.23. The van der Waals surface area contributed by atoms with E-state index in [2.05, 4.69) is 38.2 Å². The Labute approximate surface area is 239 Å². The van der Waals surface area contributed by atoms with E-state index in [0.29, 0.717) is 13.0 Å². The molecule has 0 N–H and O–H groups in total. The van der Waals surface area contributed by atoms with E-state index in [-0.39, 0.29) is 5.97 Å². The highest BCUT2D eigenvalue weighted by molar-refractivity contribution is 5.69. The molecule has 38 heavy (non-hydrogen) atoms. The van der Waals surface area contributed by atoms with E-state index < -0.39 is 0 Å². The van der Waals surface area contributed by atoms with Gasteiger partial charge in [0, 0.05) is 6.42 Å². The molecule has 0 aromatic carbocycles. The number of carbonyl (C=O) groups excluding carboxylic acids is 1. The summed E-state index contributed by atoms with van der Waals surface area (Å²) >= 11 is 0. The minimum absolute atomic E-state index is 0.00961. The molecule has 0 saturated heterocycles. The molecule has 0 fully saturated rings. The summed E-state index contributed by atoms with van der Waals surface area (Å²) in [6.45, 7) is 5.17. The second kappa shape index (κ2) is 34.0. The minimum atomic E-state index is 0.00961. The first kappa shape index (κ1) is 37.0. The van der Waals surface area contributed by atoms with Crippen LogP contribution in [0.1, 0.15) is 194 Å². The fourth-order valence-corrected chi connectivity index (χ4v) is 4.95. The van der Waals surface area contributed by atoms with E-state index in [1.165, 1.54) is 154 Å². The summed E-state index contributed by atoms with van der Waals surface area (Å²) in [5, 5.41) is 0. The Morgan fingerprint density at radius 2 is 0.737 bits per heavy atom. The predicted molar refractivity (Wildman–Crippen MR) is 170 cm³/mol. The normalized spacial score (nSPS) is 11.7. The average molecular weight is 533 g/mol. The van der Waals surface area contributed by atoms with E-state index in [0.717, 1.165) is 19.3 Å². The number of carbonyl (C=O) groups is 1. The second-order valence-corrected chi connectivity index (χ2v) is 11.5. The molecule has 0 aliphatic rings. The lowest BCUT2D eigenvalue weighted by Crippen LogP contribution is -2.05. The van der Waals surface area contributed by atoms with Crippen LogP contribution in [0, 0.1) is 0 Å². The van der Waals surface area contributed by atoms with Crippen molar-refractivity contribution in [3.8, 4) is 0 Å². The van der Waals surface area contributed by atoms with Crippen molar-refractivity contribution in [3.05, 3.63) is 24.3 Å². The fourth-order valence-electron chi connectivity index (χ4n) is 4.95. The summed E-state index contributed by atoms with van der Waals surface area (Å²) in [6.07, 6.45) is 45.2. The molecular formula is C36H68O2. The maximum absolute atomic E-state index is 11.9. The molecule has 0 amide bonds. The number of hydrogen-bond acceptors (Lipinski definition) is 2. The van der Waals surface area contributed by atoms with Crippen molar-refractivity contribution in [1.29, 1.82) is 0 Å².